The van der Waals surface area contributed by atoms with Crippen LogP contribution in [-0.4, -0.2) is 74.2 Å². The summed E-state index contributed by atoms with van der Waals surface area (Å²) < 4.78 is 234. The standard InChI is InChI=1S/C20H17F17OSe/c1-10(2)9-38-12(39-11-6-4-3-5-7-11)8-13(21,22)14(23,24)15(25,26)16(27,28)17(29,30)18(31,32)19(33,34)20(35,36)37/h3-7,10,12H,8-9H2,1-2H3. The van der Waals surface area contributed by atoms with Crippen molar-refractivity contribution in [3.05, 3.63) is 30.3 Å². The second-order valence-corrected chi connectivity index (χ2v) is 11.0. The number of halogens is 17. The molecule has 0 aliphatic rings. The van der Waals surface area contributed by atoms with Gasteiger partial charge in [0.1, 0.15) is 0 Å². The fourth-order valence-electron chi connectivity index (χ4n) is 2.62. The van der Waals surface area contributed by atoms with E-state index in [2.05, 4.69) is 0 Å². The molecule has 0 bridgehead atoms. The summed E-state index contributed by atoms with van der Waals surface area (Å²) in [5.41, 5.74) is 0. The Balaban J connectivity index is 3.52. The molecule has 1 atom stereocenters. The van der Waals surface area contributed by atoms with Gasteiger partial charge in [0.25, 0.3) is 0 Å². The van der Waals surface area contributed by atoms with Crippen molar-refractivity contribution in [1.82, 2.24) is 0 Å². The summed E-state index contributed by atoms with van der Waals surface area (Å²) in [6.07, 6.45) is -10.4. The normalized spacial score (nSPS) is 16.1. The molecule has 228 valence electrons. The molecule has 0 radical (unpaired) electrons. The Morgan fingerprint density at radius 2 is 0.974 bits per heavy atom. The molecule has 1 nitrogen and oxygen atoms in total. The quantitative estimate of drug-likeness (QED) is 0.156. The molecule has 0 aliphatic heterocycles. The third-order valence-electron chi connectivity index (χ3n) is 4.84. The molecule has 0 N–H and O–H groups in total. The van der Waals surface area contributed by atoms with Gasteiger partial charge in [-0.3, -0.25) is 0 Å². The topological polar surface area (TPSA) is 9.23 Å². The third-order valence-corrected chi connectivity index (χ3v) is 7.17. The first-order valence-electron chi connectivity index (χ1n) is 10.2. The van der Waals surface area contributed by atoms with Crippen molar-refractivity contribution in [2.75, 3.05) is 6.61 Å². The zero-order valence-corrected chi connectivity index (χ0v) is 20.9. The van der Waals surface area contributed by atoms with Crippen molar-refractivity contribution in [2.24, 2.45) is 5.92 Å². The number of hydrogen-bond donors (Lipinski definition) is 0. The van der Waals surface area contributed by atoms with Crippen LogP contribution in [0.5, 0.6) is 0 Å². The van der Waals surface area contributed by atoms with Gasteiger partial charge in [0.05, 0.1) is 0 Å². The fourth-order valence-corrected chi connectivity index (χ4v) is 4.84. The summed E-state index contributed by atoms with van der Waals surface area (Å²) in [6, 6.07) is 6.50. The van der Waals surface area contributed by atoms with Crippen molar-refractivity contribution < 1.29 is 79.4 Å². The SMILES string of the molecule is CC(C)COC(CC(F)(F)C(F)(F)C(F)(F)C(F)(F)C(F)(F)C(F)(F)C(F)(F)C(F)(F)F)[Se]c1ccccc1. The average Bonchev–Trinajstić information content (AvgIpc) is 2.76. The molecule has 0 heterocycles. The first-order chi connectivity index (χ1) is 17.1. The Morgan fingerprint density at radius 3 is 1.36 bits per heavy atom. The Bertz CT molecular complexity index is 943. The van der Waals surface area contributed by atoms with Crippen LogP contribution in [0, 0.1) is 5.92 Å². The Morgan fingerprint density at radius 1 is 0.590 bits per heavy atom. The predicted molar refractivity (Wildman–Crippen MR) is 102 cm³/mol. The van der Waals surface area contributed by atoms with Crippen LogP contribution in [0.4, 0.5) is 74.6 Å². The van der Waals surface area contributed by atoms with Gasteiger partial charge >= 0.3 is 215 Å². The van der Waals surface area contributed by atoms with Crippen molar-refractivity contribution >= 4 is 19.4 Å². The summed E-state index contributed by atoms with van der Waals surface area (Å²) in [4.78, 5) is 0. The van der Waals surface area contributed by atoms with Crippen LogP contribution in [0.1, 0.15) is 20.3 Å². The van der Waals surface area contributed by atoms with Crippen LogP contribution >= 0.6 is 0 Å². The van der Waals surface area contributed by atoms with E-state index in [-0.39, 0.29) is 4.46 Å². The van der Waals surface area contributed by atoms with E-state index >= 15 is 0 Å². The first kappa shape index (κ1) is 35.5. The number of hydrogen-bond acceptors (Lipinski definition) is 1. The molecule has 1 aromatic rings. The predicted octanol–water partition coefficient (Wildman–Crippen LogP) is 7.41. The van der Waals surface area contributed by atoms with Gasteiger partial charge in [-0.1, -0.05) is 0 Å². The van der Waals surface area contributed by atoms with Gasteiger partial charge in [0.15, 0.2) is 0 Å². The minimum absolute atomic E-state index is 0.107. The summed E-state index contributed by atoms with van der Waals surface area (Å²) in [5, 5.41) is -2.15. The molecule has 1 unspecified atom stereocenters. The molecule has 0 amide bonds. The number of ether oxygens (including phenoxy) is 1. The molecule has 19 heteroatoms. The maximum atomic E-state index is 14.4. The number of benzene rings is 1. The Hall–Kier alpha value is -1.49. The van der Waals surface area contributed by atoms with E-state index in [4.69, 9.17) is 4.74 Å². The monoisotopic (exact) mass is 676 g/mol. The molecule has 39 heavy (non-hydrogen) atoms. The fraction of sp³-hybridized carbons (Fsp3) is 0.700. The average molecular weight is 675 g/mol. The summed E-state index contributed by atoms with van der Waals surface area (Å²) in [5.74, 6) is -56.9. The van der Waals surface area contributed by atoms with Crippen LogP contribution in [0.25, 0.3) is 0 Å². The number of rotatable bonds is 13. The van der Waals surface area contributed by atoms with E-state index in [1.807, 2.05) is 0 Å². The minimum atomic E-state index is -8.64. The van der Waals surface area contributed by atoms with Crippen molar-refractivity contribution in [2.45, 2.75) is 72.9 Å². The summed E-state index contributed by atoms with van der Waals surface area (Å²) >= 11 is -1.46. The third kappa shape index (κ3) is 6.23. The zero-order chi connectivity index (χ0) is 31.1. The van der Waals surface area contributed by atoms with E-state index in [9.17, 15) is 74.6 Å². The molecule has 0 spiro atoms. The molecular formula is C20H17F17OSe. The van der Waals surface area contributed by atoms with Gasteiger partial charge in [-0.25, -0.2) is 0 Å². The first-order valence-corrected chi connectivity index (χ1v) is 12.0. The van der Waals surface area contributed by atoms with Gasteiger partial charge < -0.3 is 0 Å². The Kier molecular flexibility index (Phi) is 10.1. The molecule has 1 aromatic carbocycles. The molecule has 0 saturated heterocycles. The van der Waals surface area contributed by atoms with Crippen LogP contribution in [0.2, 0.25) is 0 Å². The van der Waals surface area contributed by atoms with E-state index in [0.29, 0.717) is 0 Å². The molecule has 0 aliphatic carbocycles. The molecular weight excluding hydrogens is 658 g/mol. The van der Waals surface area contributed by atoms with Gasteiger partial charge in [-0.2, -0.15) is 0 Å². The van der Waals surface area contributed by atoms with Crippen molar-refractivity contribution in [3.63, 3.8) is 0 Å². The van der Waals surface area contributed by atoms with Crippen LogP contribution in [-0.2, 0) is 4.74 Å². The molecule has 0 aromatic heterocycles. The summed E-state index contributed by atoms with van der Waals surface area (Å²) in [7, 11) is 0. The van der Waals surface area contributed by atoms with Crippen molar-refractivity contribution in [3.8, 4) is 0 Å². The van der Waals surface area contributed by atoms with Gasteiger partial charge in [0.2, 0.25) is 0 Å². The second-order valence-electron chi connectivity index (χ2n) is 8.44. The van der Waals surface area contributed by atoms with Crippen LogP contribution in [0.3, 0.4) is 0 Å². The van der Waals surface area contributed by atoms with E-state index in [1.165, 1.54) is 44.2 Å². The molecule has 0 fully saturated rings. The molecule has 1 rings (SSSR count). The zero-order valence-electron chi connectivity index (χ0n) is 19.2. The van der Waals surface area contributed by atoms with Crippen molar-refractivity contribution in [1.29, 1.82) is 0 Å². The maximum absolute atomic E-state index is 14.4. The number of alkyl halides is 17. The van der Waals surface area contributed by atoms with E-state index in [0.717, 1.165) is 0 Å². The van der Waals surface area contributed by atoms with Gasteiger partial charge in [-0.05, 0) is 0 Å². The molecule has 0 saturated carbocycles. The van der Waals surface area contributed by atoms with Crippen LogP contribution in [0.15, 0.2) is 30.3 Å². The second kappa shape index (κ2) is 11.1. The summed E-state index contributed by atoms with van der Waals surface area (Å²) in [6.45, 7) is 2.32. The Labute approximate surface area is 215 Å². The van der Waals surface area contributed by atoms with Gasteiger partial charge in [-0.15, -0.1) is 0 Å². The van der Waals surface area contributed by atoms with E-state index in [1.54, 1.807) is 0 Å². The van der Waals surface area contributed by atoms with E-state index < -0.39 is 86.5 Å². The van der Waals surface area contributed by atoms with Gasteiger partial charge in [0, 0.05) is 0 Å². The van der Waals surface area contributed by atoms with Crippen LogP contribution < -0.4 is 4.46 Å².